The molecule has 1 rings (SSSR count). The molecule has 216 valence electrons. The van der Waals surface area contributed by atoms with Gasteiger partial charge in [0.2, 0.25) is 0 Å². The van der Waals surface area contributed by atoms with Crippen molar-refractivity contribution in [1.29, 1.82) is 0 Å². The summed E-state index contributed by atoms with van der Waals surface area (Å²) >= 11 is 0. The Kier molecular flexibility index (Phi) is 23.2. The van der Waals surface area contributed by atoms with E-state index in [1.165, 1.54) is 63.4 Å². The lowest BCUT2D eigenvalue weighted by Crippen LogP contribution is -2.35. The Morgan fingerprint density at radius 1 is 0.541 bits per heavy atom. The largest absolute Gasteiger partial charge is 0.382 e. The van der Waals surface area contributed by atoms with E-state index < -0.39 is 0 Å². The van der Waals surface area contributed by atoms with Crippen LogP contribution in [0.25, 0.3) is 0 Å². The normalized spacial score (nSPS) is 13.2. The molecular weight excluding hydrogens is 468 g/mol. The standard InChI is InChI=1S/C31H56O6/c1-4-5-6-7-8-9-10-11-12-16-19-35-27-31(2,29-37-26-30-17-14-13-15-18-30)28-36-25-24-34-23-22-33-21-20-32-3/h13-15,17-18H,4-12,16,19-29H2,1-3H3. The van der Waals surface area contributed by atoms with Gasteiger partial charge in [-0.3, -0.25) is 0 Å². The van der Waals surface area contributed by atoms with E-state index >= 15 is 0 Å². The molecule has 0 N–H and O–H groups in total. The van der Waals surface area contributed by atoms with Gasteiger partial charge in [0.05, 0.1) is 66.1 Å². The second-order valence-electron chi connectivity index (χ2n) is 10.3. The molecule has 0 fully saturated rings. The van der Waals surface area contributed by atoms with Gasteiger partial charge >= 0.3 is 0 Å². The Bertz CT molecular complexity index is 584. The first-order valence-corrected chi connectivity index (χ1v) is 14.6. The molecule has 0 aliphatic rings. The van der Waals surface area contributed by atoms with Crippen LogP contribution < -0.4 is 0 Å². The molecule has 1 unspecified atom stereocenters. The van der Waals surface area contributed by atoms with Crippen molar-refractivity contribution in [3.05, 3.63) is 35.9 Å². The van der Waals surface area contributed by atoms with Crippen LogP contribution in [0.4, 0.5) is 0 Å². The first-order chi connectivity index (χ1) is 18.2. The van der Waals surface area contributed by atoms with Gasteiger partial charge in [0, 0.05) is 19.1 Å². The molecule has 0 saturated heterocycles. The van der Waals surface area contributed by atoms with Crippen LogP contribution in [0.1, 0.15) is 83.6 Å². The van der Waals surface area contributed by atoms with E-state index in [4.69, 9.17) is 28.4 Å². The molecule has 1 atom stereocenters. The topological polar surface area (TPSA) is 55.4 Å². The molecule has 0 aliphatic carbocycles. The van der Waals surface area contributed by atoms with E-state index in [9.17, 15) is 0 Å². The minimum absolute atomic E-state index is 0.198. The summed E-state index contributed by atoms with van der Waals surface area (Å²) in [5, 5.41) is 0. The van der Waals surface area contributed by atoms with E-state index in [2.05, 4.69) is 26.0 Å². The van der Waals surface area contributed by atoms with E-state index in [1.54, 1.807) is 7.11 Å². The quantitative estimate of drug-likeness (QED) is 0.112. The van der Waals surface area contributed by atoms with Crippen LogP contribution in [0.3, 0.4) is 0 Å². The third kappa shape index (κ3) is 21.6. The van der Waals surface area contributed by atoms with E-state index in [0.717, 1.165) is 13.0 Å². The number of benzene rings is 1. The Balaban J connectivity index is 2.20. The molecule has 0 saturated carbocycles. The average molecular weight is 525 g/mol. The fourth-order valence-electron chi connectivity index (χ4n) is 4.03. The average Bonchev–Trinajstić information content (AvgIpc) is 2.91. The van der Waals surface area contributed by atoms with Crippen LogP contribution in [0, 0.1) is 5.41 Å². The van der Waals surface area contributed by atoms with Gasteiger partial charge in [0.15, 0.2) is 0 Å². The molecular formula is C31H56O6. The Labute approximate surface area is 227 Å². The summed E-state index contributed by atoms with van der Waals surface area (Å²) in [4.78, 5) is 0. The van der Waals surface area contributed by atoms with Gasteiger partial charge in [-0.1, -0.05) is 102 Å². The van der Waals surface area contributed by atoms with Gasteiger partial charge < -0.3 is 28.4 Å². The highest BCUT2D eigenvalue weighted by Gasteiger charge is 2.26. The number of ether oxygens (including phenoxy) is 6. The SMILES string of the molecule is CCCCCCCCCCCCOCC(C)(COCCOCCOCCOC)COCc1ccccc1. The van der Waals surface area contributed by atoms with Crippen molar-refractivity contribution in [2.75, 3.05) is 73.2 Å². The van der Waals surface area contributed by atoms with Gasteiger partial charge in [-0.05, 0) is 12.0 Å². The third-order valence-corrected chi connectivity index (χ3v) is 6.28. The highest BCUT2D eigenvalue weighted by atomic mass is 16.6. The predicted octanol–water partition coefficient (Wildman–Crippen LogP) is 6.84. The van der Waals surface area contributed by atoms with Crippen molar-refractivity contribution >= 4 is 0 Å². The number of hydrogen-bond acceptors (Lipinski definition) is 6. The predicted molar refractivity (Wildman–Crippen MR) is 151 cm³/mol. The molecule has 0 radical (unpaired) electrons. The van der Waals surface area contributed by atoms with Gasteiger partial charge in [-0.2, -0.15) is 0 Å². The number of unbranched alkanes of at least 4 members (excludes halogenated alkanes) is 9. The lowest BCUT2D eigenvalue weighted by molar-refractivity contribution is -0.0730. The van der Waals surface area contributed by atoms with Crippen molar-refractivity contribution in [2.45, 2.75) is 84.7 Å². The number of rotatable bonds is 28. The summed E-state index contributed by atoms with van der Waals surface area (Å²) < 4.78 is 34.1. The van der Waals surface area contributed by atoms with Crippen molar-refractivity contribution < 1.29 is 28.4 Å². The Hall–Kier alpha value is -1.02. The van der Waals surface area contributed by atoms with Crippen LogP contribution in [0.5, 0.6) is 0 Å². The van der Waals surface area contributed by atoms with Gasteiger partial charge in [-0.15, -0.1) is 0 Å². The fraction of sp³-hybridized carbons (Fsp3) is 0.806. The Morgan fingerprint density at radius 2 is 1.03 bits per heavy atom. The number of methoxy groups -OCH3 is 1. The first kappa shape index (κ1) is 34.0. The van der Waals surface area contributed by atoms with Crippen LogP contribution in [-0.4, -0.2) is 73.2 Å². The molecule has 0 bridgehead atoms. The molecule has 37 heavy (non-hydrogen) atoms. The van der Waals surface area contributed by atoms with Crippen LogP contribution in [0.2, 0.25) is 0 Å². The van der Waals surface area contributed by atoms with Crippen molar-refractivity contribution in [2.24, 2.45) is 5.41 Å². The molecule has 0 aromatic heterocycles. The van der Waals surface area contributed by atoms with Gasteiger partial charge in [0.25, 0.3) is 0 Å². The lowest BCUT2D eigenvalue weighted by atomic mass is 9.94. The van der Waals surface area contributed by atoms with Crippen LogP contribution >= 0.6 is 0 Å². The molecule has 0 aliphatic heterocycles. The molecule has 1 aromatic carbocycles. The molecule has 0 amide bonds. The zero-order valence-corrected chi connectivity index (χ0v) is 24.2. The van der Waals surface area contributed by atoms with Gasteiger partial charge in [0.1, 0.15) is 0 Å². The summed E-state index contributed by atoms with van der Waals surface area (Å²) in [5.41, 5.74) is 0.981. The summed E-state index contributed by atoms with van der Waals surface area (Å²) in [6.45, 7) is 11.1. The van der Waals surface area contributed by atoms with Crippen molar-refractivity contribution in [3.63, 3.8) is 0 Å². The highest BCUT2D eigenvalue weighted by molar-refractivity contribution is 5.13. The molecule has 0 spiro atoms. The van der Waals surface area contributed by atoms with E-state index in [1.807, 2.05) is 18.2 Å². The first-order valence-electron chi connectivity index (χ1n) is 14.6. The minimum Gasteiger partial charge on any atom is -0.382 e. The maximum absolute atomic E-state index is 6.10. The Morgan fingerprint density at radius 3 is 1.62 bits per heavy atom. The van der Waals surface area contributed by atoms with Crippen LogP contribution in [-0.2, 0) is 35.0 Å². The minimum atomic E-state index is -0.198. The maximum Gasteiger partial charge on any atom is 0.0717 e. The summed E-state index contributed by atoms with van der Waals surface area (Å²) in [7, 11) is 1.67. The zero-order chi connectivity index (χ0) is 26.7. The van der Waals surface area contributed by atoms with E-state index in [0.29, 0.717) is 66.1 Å². The fourth-order valence-corrected chi connectivity index (χ4v) is 4.03. The summed E-state index contributed by atoms with van der Waals surface area (Å²) in [6.07, 6.45) is 13.3. The lowest BCUT2D eigenvalue weighted by Gasteiger charge is -2.29. The van der Waals surface area contributed by atoms with Crippen molar-refractivity contribution in [3.8, 4) is 0 Å². The molecule has 6 nitrogen and oxygen atoms in total. The summed E-state index contributed by atoms with van der Waals surface area (Å²) in [6, 6.07) is 10.3. The summed E-state index contributed by atoms with van der Waals surface area (Å²) in [5.74, 6) is 0. The highest BCUT2D eigenvalue weighted by Crippen LogP contribution is 2.20. The molecule has 0 heterocycles. The number of hydrogen-bond donors (Lipinski definition) is 0. The maximum atomic E-state index is 6.10. The second kappa shape index (κ2) is 25.3. The smallest absolute Gasteiger partial charge is 0.0717 e. The van der Waals surface area contributed by atoms with Gasteiger partial charge in [-0.25, -0.2) is 0 Å². The van der Waals surface area contributed by atoms with Crippen molar-refractivity contribution in [1.82, 2.24) is 0 Å². The second-order valence-corrected chi connectivity index (χ2v) is 10.3. The molecule has 6 heteroatoms. The zero-order valence-electron chi connectivity index (χ0n) is 24.2. The third-order valence-electron chi connectivity index (χ3n) is 6.28. The van der Waals surface area contributed by atoms with E-state index in [-0.39, 0.29) is 5.41 Å². The monoisotopic (exact) mass is 524 g/mol. The van der Waals surface area contributed by atoms with Crippen LogP contribution in [0.15, 0.2) is 30.3 Å². The molecule has 1 aromatic rings.